The third kappa shape index (κ3) is 51.1. The number of carbonyl (C=O) groups excluding carboxylic acids is 8. The van der Waals surface area contributed by atoms with Crippen molar-refractivity contribution in [3.05, 3.63) is 70.8 Å². The molecule has 2 rings (SSSR count). The molecule has 0 spiro atoms. The zero-order chi connectivity index (χ0) is 88.3. The maximum atomic E-state index is 11.8. The molecule has 0 bridgehead atoms. The summed E-state index contributed by atoms with van der Waals surface area (Å²) in [5.41, 5.74) is 0.0480. The standard InChI is InChI=1S/C18H26O5.C18H26O4S.2C14H28O2.2C12H26O5Si/c1-4-18(2,3)17(21)23-12-6-5-11-22-13-14-7-9-15(10-8-14)16(19)20;1-4-18(2,3)17(21)22-11-5-6-12-23-13-14-7-9-15(10-8-14)16(19)20;2*1-6-9-10-12(7-2)11-16-13(15)14(4,5)8-3;2*1-7-12(2,3)11(13)17-9-8-10-18(14-4,15-5)16-6/h2*7-10H,4-6,11-13H2,1-3H3,(H,19,20);2*12H,6-11H2,1-5H3;2*7-10H2,1-6H3/p-2. The zero-order valence-corrected chi connectivity index (χ0v) is 79.0. The van der Waals surface area contributed by atoms with Gasteiger partial charge in [0.15, 0.2) is 0 Å². The lowest BCUT2D eigenvalue weighted by Crippen LogP contribution is -2.42. The first kappa shape index (κ1) is 115. The van der Waals surface area contributed by atoms with E-state index < -0.39 is 51.2 Å². The molecule has 2 unspecified atom stereocenters. The zero-order valence-electron chi connectivity index (χ0n) is 76.2. The summed E-state index contributed by atoms with van der Waals surface area (Å²) in [5.74, 6) is -0.137. The van der Waals surface area contributed by atoms with E-state index in [0.717, 1.165) is 99.7 Å². The van der Waals surface area contributed by atoms with Gasteiger partial charge in [0.05, 0.1) is 90.7 Å². The number of rotatable bonds is 54. The Balaban J connectivity index is -0.000000641. The number of benzene rings is 2. The van der Waals surface area contributed by atoms with E-state index in [1.165, 1.54) is 50.7 Å². The van der Waals surface area contributed by atoms with Crippen molar-refractivity contribution in [2.75, 3.05) is 94.7 Å². The molecule has 0 amide bonds. The summed E-state index contributed by atoms with van der Waals surface area (Å²) in [6.45, 7) is 47.3. The summed E-state index contributed by atoms with van der Waals surface area (Å²) < 4.78 is 69.1. The van der Waals surface area contributed by atoms with Crippen LogP contribution in [-0.4, -0.2) is 160 Å². The minimum absolute atomic E-state index is 0.0510. The molecule has 0 N–H and O–H groups in total. The van der Waals surface area contributed by atoms with Crippen molar-refractivity contribution in [2.45, 2.75) is 305 Å². The van der Waals surface area contributed by atoms with Gasteiger partial charge in [-0.15, -0.1) is 0 Å². The minimum Gasteiger partial charge on any atom is -0.545 e. The molecule has 0 aliphatic carbocycles. The van der Waals surface area contributed by atoms with E-state index in [2.05, 4.69) is 27.7 Å². The number of carboxylic acid groups (broad SMARTS) is 2. The summed E-state index contributed by atoms with van der Waals surface area (Å²) in [6, 6.07) is 14.5. The van der Waals surface area contributed by atoms with Gasteiger partial charge in [-0.1, -0.05) is 156 Å². The Labute approximate surface area is 696 Å². The predicted molar refractivity (Wildman–Crippen MR) is 455 cm³/mol. The van der Waals surface area contributed by atoms with Gasteiger partial charge < -0.3 is 79.5 Å². The van der Waals surface area contributed by atoms with Crippen molar-refractivity contribution >= 4 is 77.1 Å². The lowest BCUT2D eigenvalue weighted by atomic mass is 9.90. The van der Waals surface area contributed by atoms with E-state index in [4.69, 9.17) is 59.7 Å². The smallest absolute Gasteiger partial charge is 0.500 e. The Morgan fingerprint density at radius 3 is 0.877 bits per heavy atom. The molecule has 664 valence electrons. The molecule has 0 aliphatic heterocycles. The van der Waals surface area contributed by atoms with E-state index in [1.807, 2.05) is 137 Å². The Kier molecular flexibility index (Phi) is 64.3. The fourth-order valence-corrected chi connectivity index (χ4v) is 13.4. The summed E-state index contributed by atoms with van der Waals surface area (Å²) in [5, 5.41) is 21.3. The van der Waals surface area contributed by atoms with E-state index in [0.29, 0.717) is 89.6 Å². The van der Waals surface area contributed by atoms with Crippen LogP contribution in [0.3, 0.4) is 0 Å². The average Bonchev–Trinajstić information content (AvgIpc) is 0.895. The molecule has 0 heterocycles. The van der Waals surface area contributed by atoms with Gasteiger partial charge in [0.25, 0.3) is 0 Å². The molecule has 114 heavy (non-hydrogen) atoms. The normalized spacial score (nSPS) is 12.3. The van der Waals surface area contributed by atoms with E-state index in [1.54, 1.807) is 78.7 Å². The number of aromatic carboxylic acids is 2. The van der Waals surface area contributed by atoms with Crippen LogP contribution < -0.4 is 10.2 Å². The number of unbranched alkanes of at least 4 members (excludes halogenated alkanes) is 4. The molecule has 0 fully saturated rings. The van der Waals surface area contributed by atoms with Gasteiger partial charge in [0.1, 0.15) is 0 Å². The summed E-state index contributed by atoms with van der Waals surface area (Å²) in [6.07, 6.45) is 18.9. The van der Waals surface area contributed by atoms with Crippen LogP contribution in [-0.2, 0) is 101 Å². The molecule has 0 radical (unpaired) electrons. The molecule has 0 aliphatic rings. The molecule has 2 atom stereocenters. The molecule has 0 saturated carbocycles. The SMILES string of the molecule is CCC(C)(C)C(=O)OCCCCOCc1ccc(C(=O)[O-])cc1.CCC(C)(C)C(=O)OCCCCSCc1ccc(C(=O)[O-])cc1.CCC(C)(C)C(=O)OCCC[Si](OC)(OC)OC.CCC(C)(C)C(=O)OCCC[Si](OC)(OC)OC.CCCCC(CC)COC(=O)C(C)(C)CC.CCCCC(CC)COC(=O)C(C)(C)CC. The first-order valence-corrected chi connectivity index (χ1v) is 46.5. The van der Waals surface area contributed by atoms with Gasteiger partial charge in [-0.3, -0.25) is 28.8 Å². The quantitative estimate of drug-likeness (QED) is 0.0257. The molecule has 0 aromatic heterocycles. The molecule has 26 heteroatoms. The predicted octanol–water partition coefficient (Wildman–Crippen LogP) is 18.2. The van der Waals surface area contributed by atoms with Gasteiger partial charge in [-0.05, 0) is 213 Å². The van der Waals surface area contributed by atoms with Crippen LogP contribution in [0.25, 0.3) is 0 Å². The Morgan fingerprint density at radius 1 is 0.351 bits per heavy atom. The highest BCUT2D eigenvalue weighted by Crippen LogP contribution is 2.29. The van der Waals surface area contributed by atoms with Gasteiger partial charge in [0.2, 0.25) is 0 Å². The molecule has 2 aromatic carbocycles. The monoisotopic (exact) mass is 1670 g/mol. The van der Waals surface area contributed by atoms with Gasteiger partial charge in [-0.25, -0.2) is 0 Å². The summed E-state index contributed by atoms with van der Waals surface area (Å²) >= 11 is 1.79. The number of esters is 6. The van der Waals surface area contributed by atoms with Crippen LogP contribution in [0.1, 0.15) is 313 Å². The molecule has 23 nitrogen and oxygen atoms in total. The number of carboxylic acids is 2. The topological polar surface area (TPSA) is 303 Å². The third-order valence-corrected chi connectivity index (χ3v) is 27.7. The molecular formula is C88H158O23SSi2-2. The van der Waals surface area contributed by atoms with Crippen molar-refractivity contribution in [1.29, 1.82) is 0 Å². The second-order valence-electron chi connectivity index (χ2n) is 32.3. The largest absolute Gasteiger partial charge is 0.545 e. The fraction of sp³-hybridized carbons (Fsp3) is 0.773. The van der Waals surface area contributed by atoms with Crippen LogP contribution in [0.4, 0.5) is 0 Å². The van der Waals surface area contributed by atoms with Crippen molar-refractivity contribution in [3.8, 4) is 0 Å². The van der Waals surface area contributed by atoms with Crippen LogP contribution in [0.5, 0.6) is 0 Å². The van der Waals surface area contributed by atoms with E-state index >= 15 is 0 Å². The summed E-state index contributed by atoms with van der Waals surface area (Å²) in [7, 11) is 4.38. The maximum absolute atomic E-state index is 11.8. The van der Waals surface area contributed by atoms with Crippen LogP contribution in [0.2, 0.25) is 12.1 Å². The first-order valence-electron chi connectivity index (χ1n) is 41.5. The van der Waals surface area contributed by atoms with Gasteiger partial charge >= 0.3 is 53.4 Å². The second-order valence-corrected chi connectivity index (χ2v) is 39.6. The molecular weight excluding hydrogens is 1510 g/mol. The van der Waals surface area contributed by atoms with Gasteiger partial charge in [0, 0.05) is 67.1 Å². The van der Waals surface area contributed by atoms with E-state index in [9.17, 15) is 48.6 Å². The van der Waals surface area contributed by atoms with Crippen LogP contribution in [0.15, 0.2) is 48.5 Å². The first-order chi connectivity index (χ1) is 53.4. The summed E-state index contributed by atoms with van der Waals surface area (Å²) in [4.78, 5) is 91.8. The average molecular weight is 1670 g/mol. The lowest BCUT2D eigenvalue weighted by molar-refractivity contribution is -0.256. The Morgan fingerprint density at radius 2 is 0.614 bits per heavy atom. The lowest BCUT2D eigenvalue weighted by Gasteiger charge is -2.24. The third-order valence-electron chi connectivity index (χ3n) is 20.9. The molecule has 0 saturated heterocycles. The highest BCUT2D eigenvalue weighted by atomic mass is 32.2. The Hall–Kier alpha value is -5.30. The van der Waals surface area contributed by atoms with Crippen molar-refractivity contribution < 1.29 is 108 Å². The number of thioether (sulfide) groups is 1. The fourth-order valence-electron chi connectivity index (χ4n) is 9.04. The van der Waals surface area contributed by atoms with Crippen molar-refractivity contribution in [2.24, 2.45) is 44.3 Å². The van der Waals surface area contributed by atoms with Crippen LogP contribution >= 0.6 is 11.8 Å². The number of ether oxygens (including phenoxy) is 7. The maximum Gasteiger partial charge on any atom is 0.500 e. The van der Waals surface area contributed by atoms with Crippen molar-refractivity contribution in [1.82, 2.24) is 0 Å². The highest BCUT2D eigenvalue weighted by molar-refractivity contribution is 7.98. The van der Waals surface area contributed by atoms with E-state index in [-0.39, 0.29) is 57.8 Å². The van der Waals surface area contributed by atoms with Gasteiger partial charge in [-0.2, -0.15) is 11.8 Å². The second kappa shape index (κ2) is 63.7. The highest BCUT2D eigenvalue weighted by Gasteiger charge is 2.39. The van der Waals surface area contributed by atoms with Crippen molar-refractivity contribution in [3.63, 3.8) is 0 Å². The number of hydrogen-bond acceptors (Lipinski definition) is 24. The molecule has 2 aromatic rings. The van der Waals surface area contributed by atoms with Crippen LogP contribution in [0, 0.1) is 44.3 Å². The number of carbonyl (C=O) groups is 8. The Bertz CT molecular complexity index is 2670. The minimum atomic E-state index is -2.53. The number of hydrogen-bond donors (Lipinski definition) is 0.